The lowest BCUT2D eigenvalue weighted by Crippen LogP contribution is -2.26. The molecule has 1 heterocycles. The molecule has 0 radical (unpaired) electrons. The number of nitrogens with one attached hydrogen (secondary N) is 1. The van der Waals surface area contributed by atoms with Crippen molar-refractivity contribution in [1.29, 1.82) is 0 Å². The molecular weight excluding hydrogens is 288 g/mol. The van der Waals surface area contributed by atoms with Gasteiger partial charge in [0.2, 0.25) is 0 Å². The lowest BCUT2D eigenvalue weighted by molar-refractivity contribution is 0.770. The second-order valence-electron chi connectivity index (χ2n) is 5.24. The van der Waals surface area contributed by atoms with Crippen molar-refractivity contribution >= 4 is 28.6 Å². The highest BCUT2D eigenvalue weighted by Crippen LogP contribution is 2.36. The van der Waals surface area contributed by atoms with Gasteiger partial charge in [-0.1, -0.05) is 23.7 Å². The van der Waals surface area contributed by atoms with Crippen molar-refractivity contribution < 1.29 is 0 Å². The molecule has 3 rings (SSSR count). The zero-order valence-corrected chi connectivity index (χ0v) is 13.2. The number of hydrogen-bond donors (Lipinski definition) is 1. The largest absolute Gasteiger partial charge is 0.363 e. The summed E-state index contributed by atoms with van der Waals surface area (Å²) in [7, 11) is 1.99. The van der Waals surface area contributed by atoms with Gasteiger partial charge in [-0.15, -0.1) is 11.3 Å². The van der Waals surface area contributed by atoms with Crippen LogP contribution in [0.15, 0.2) is 35.7 Å². The molecule has 106 valence electrons. The van der Waals surface area contributed by atoms with Crippen molar-refractivity contribution in [1.82, 2.24) is 5.32 Å². The number of rotatable bonds is 6. The molecule has 0 bridgehead atoms. The third kappa shape index (κ3) is 3.17. The molecule has 4 heteroatoms. The van der Waals surface area contributed by atoms with Gasteiger partial charge >= 0.3 is 0 Å². The van der Waals surface area contributed by atoms with Crippen molar-refractivity contribution in [3.8, 4) is 0 Å². The van der Waals surface area contributed by atoms with Crippen LogP contribution in [0.5, 0.6) is 0 Å². The summed E-state index contributed by atoms with van der Waals surface area (Å²) in [6.07, 6.45) is 2.58. The van der Waals surface area contributed by atoms with Gasteiger partial charge in [-0.05, 0) is 49.0 Å². The smallest absolute Gasteiger partial charge is 0.0526 e. The van der Waals surface area contributed by atoms with Gasteiger partial charge in [0.15, 0.2) is 0 Å². The van der Waals surface area contributed by atoms with Crippen LogP contribution in [0.2, 0.25) is 5.02 Å². The molecular formula is C16H19ClN2S. The van der Waals surface area contributed by atoms with Crippen LogP contribution < -0.4 is 10.2 Å². The topological polar surface area (TPSA) is 15.3 Å². The first-order chi connectivity index (χ1) is 9.78. The predicted octanol–water partition coefficient (Wildman–Crippen LogP) is 4.29. The Balaban J connectivity index is 1.92. The normalized spacial score (nSPS) is 14.5. The Morgan fingerprint density at radius 1 is 1.35 bits per heavy atom. The van der Waals surface area contributed by atoms with Crippen molar-refractivity contribution in [3.05, 3.63) is 51.2 Å². The van der Waals surface area contributed by atoms with Gasteiger partial charge in [0.1, 0.15) is 0 Å². The van der Waals surface area contributed by atoms with E-state index in [4.69, 9.17) is 11.6 Å². The number of thiophene rings is 1. The zero-order chi connectivity index (χ0) is 13.9. The highest BCUT2D eigenvalue weighted by molar-refractivity contribution is 7.09. The Morgan fingerprint density at radius 2 is 2.20 bits per heavy atom. The molecule has 1 N–H and O–H groups in total. The van der Waals surface area contributed by atoms with Crippen LogP contribution in [0.1, 0.15) is 23.3 Å². The quantitative estimate of drug-likeness (QED) is 0.856. The SMILES string of the molecule is CNCc1ccc(Cl)cc1N(Cc1cccs1)C1CC1. The Morgan fingerprint density at radius 3 is 2.85 bits per heavy atom. The van der Waals surface area contributed by atoms with Gasteiger partial charge in [-0.2, -0.15) is 0 Å². The average molecular weight is 307 g/mol. The predicted molar refractivity (Wildman–Crippen MR) is 87.7 cm³/mol. The zero-order valence-electron chi connectivity index (χ0n) is 11.6. The Bertz CT molecular complexity index is 564. The number of halogens is 1. The van der Waals surface area contributed by atoms with E-state index in [1.165, 1.54) is 29.0 Å². The van der Waals surface area contributed by atoms with Gasteiger partial charge in [0, 0.05) is 28.2 Å². The fourth-order valence-electron chi connectivity index (χ4n) is 2.51. The summed E-state index contributed by atoms with van der Waals surface area (Å²) in [6.45, 7) is 1.86. The lowest BCUT2D eigenvalue weighted by Gasteiger charge is -2.27. The van der Waals surface area contributed by atoms with Crippen LogP contribution in [0.25, 0.3) is 0 Å². The molecule has 1 fully saturated rings. The van der Waals surface area contributed by atoms with E-state index in [0.29, 0.717) is 6.04 Å². The second kappa shape index (κ2) is 6.17. The molecule has 1 aliphatic carbocycles. The standard InChI is InChI=1S/C16H19ClN2S/c1-18-10-12-4-5-13(17)9-16(12)19(14-6-7-14)11-15-3-2-8-20-15/h2-5,8-9,14,18H,6-7,10-11H2,1H3. The highest BCUT2D eigenvalue weighted by atomic mass is 35.5. The van der Waals surface area contributed by atoms with Crippen LogP contribution in [0.4, 0.5) is 5.69 Å². The highest BCUT2D eigenvalue weighted by Gasteiger charge is 2.30. The fourth-order valence-corrected chi connectivity index (χ4v) is 3.38. The molecule has 0 saturated heterocycles. The second-order valence-corrected chi connectivity index (χ2v) is 6.71. The van der Waals surface area contributed by atoms with E-state index >= 15 is 0 Å². The Kier molecular flexibility index (Phi) is 4.29. The third-order valence-corrected chi connectivity index (χ3v) is 4.71. The summed E-state index contributed by atoms with van der Waals surface area (Å²) in [4.78, 5) is 3.93. The van der Waals surface area contributed by atoms with Crippen molar-refractivity contribution in [2.75, 3.05) is 11.9 Å². The monoisotopic (exact) mass is 306 g/mol. The van der Waals surface area contributed by atoms with Crippen LogP contribution in [-0.2, 0) is 13.1 Å². The maximum absolute atomic E-state index is 6.22. The van der Waals surface area contributed by atoms with Gasteiger partial charge < -0.3 is 10.2 Å². The minimum absolute atomic E-state index is 0.672. The summed E-state index contributed by atoms with van der Waals surface area (Å²) in [5.41, 5.74) is 2.60. The number of anilines is 1. The Labute approximate surface area is 129 Å². The summed E-state index contributed by atoms with van der Waals surface area (Å²) in [5, 5.41) is 6.21. The van der Waals surface area contributed by atoms with Gasteiger partial charge in [-0.25, -0.2) is 0 Å². The Hall–Kier alpha value is -1.03. The van der Waals surface area contributed by atoms with E-state index in [9.17, 15) is 0 Å². The van der Waals surface area contributed by atoms with E-state index in [0.717, 1.165) is 18.1 Å². The molecule has 0 amide bonds. The molecule has 2 nitrogen and oxygen atoms in total. The van der Waals surface area contributed by atoms with E-state index in [2.05, 4.69) is 39.9 Å². The number of benzene rings is 1. The van der Waals surface area contributed by atoms with Crippen LogP contribution in [0.3, 0.4) is 0 Å². The molecule has 0 aliphatic heterocycles. The molecule has 0 atom stereocenters. The molecule has 2 aromatic rings. The third-order valence-electron chi connectivity index (χ3n) is 3.62. The van der Waals surface area contributed by atoms with Crippen LogP contribution in [-0.4, -0.2) is 13.1 Å². The molecule has 0 spiro atoms. The van der Waals surface area contributed by atoms with Crippen molar-refractivity contribution in [2.45, 2.75) is 32.0 Å². The first-order valence-corrected chi connectivity index (χ1v) is 8.25. The first kappa shape index (κ1) is 13.9. The minimum Gasteiger partial charge on any atom is -0.363 e. The fraction of sp³-hybridized carbons (Fsp3) is 0.375. The molecule has 1 saturated carbocycles. The van der Waals surface area contributed by atoms with E-state index in [-0.39, 0.29) is 0 Å². The summed E-state index contributed by atoms with van der Waals surface area (Å²) < 4.78 is 0. The van der Waals surface area contributed by atoms with Gasteiger partial charge in [-0.3, -0.25) is 0 Å². The lowest BCUT2D eigenvalue weighted by atomic mass is 10.1. The summed E-state index contributed by atoms with van der Waals surface area (Å²) in [5.74, 6) is 0. The summed E-state index contributed by atoms with van der Waals surface area (Å²) >= 11 is 8.05. The van der Waals surface area contributed by atoms with E-state index < -0.39 is 0 Å². The van der Waals surface area contributed by atoms with E-state index in [1.807, 2.05) is 24.5 Å². The first-order valence-electron chi connectivity index (χ1n) is 7.00. The summed E-state index contributed by atoms with van der Waals surface area (Å²) in [6, 6.07) is 11.2. The molecule has 20 heavy (non-hydrogen) atoms. The number of hydrogen-bond acceptors (Lipinski definition) is 3. The molecule has 1 aromatic heterocycles. The minimum atomic E-state index is 0.672. The molecule has 1 aromatic carbocycles. The maximum atomic E-state index is 6.22. The van der Waals surface area contributed by atoms with Crippen molar-refractivity contribution in [3.63, 3.8) is 0 Å². The van der Waals surface area contributed by atoms with Crippen LogP contribution >= 0.6 is 22.9 Å². The van der Waals surface area contributed by atoms with Crippen LogP contribution in [0, 0.1) is 0 Å². The number of nitrogens with zero attached hydrogens (tertiary/aromatic N) is 1. The maximum Gasteiger partial charge on any atom is 0.0526 e. The van der Waals surface area contributed by atoms with Gasteiger partial charge in [0.05, 0.1) is 6.54 Å². The average Bonchev–Trinajstić information content (AvgIpc) is 3.15. The molecule has 1 aliphatic rings. The van der Waals surface area contributed by atoms with Gasteiger partial charge in [0.25, 0.3) is 0 Å². The van der Waals surface area contributed by atoms with E-state index in [1.54, 1.807) is 0 Å². The van der Waals surface area contributed by atoms with Crippen molar-refractivity contribution in [2.24, 2.45) is 0 Å². The molecule has 0 unspecified atom stereocenters.